The molecule has 1 N–H and O–H groups in total. The molecule has 1 aromatic rings. The molecule has 1 aromatic carbocycles. The van der Waals surface area contributed by atoms with E-state index in [1.165, 1.54) is 11.1 Å². The van der Waals surface area contributed by atoms with Crippen molar-refractivity contribution in [3.63, 3.8) is 0 Å². The molecule has 1 nitrogen and oxygen atoms in total. The van der Waals surface area contributed by atoms with E-state index in [1.807, 2.05) is 0 Å². The number of rotatable bonds is 4. The Morgan fingerprint density at radius 2 is 2.25 bits per heavy atom. The third kappa shape index (κ3) is 2.19. The van der Waals surface area contributed by atoms with Crippen molar-refractivity contribution in [3.8, 4) is 0 Å². The van der Waals surface area contributed by atoms with Gasteiger partial charge in [-0.05, 0) is 36.8 Å². The lowest BCUT2D eigenvalue weighted by Gasteiger charge is -2.19. The minimum atomic E-state index is -0.254. The number of aryl methyl sites for hydroxylation is 1. The molecule has 0 amide bonds. The number of fused-ring (bicyclic) bond motifs is 1. The van der Waals surface area contributed by atoms with E-state index in [9.17, 15) is 5.11 Å². The van der Waals surface area contributed by atoms with Gasteiger partial charge >= 0.3 is 0 Å². The standard InChI is InChI=1S/C15H20O/c1-3-11(2)10-15(16)14-9-8-12-6-4-5-7-13(12)14/h4-7,14-16H,2-3,8-10H2,1H3. The Kier molecular flexibility index (Phi) is 3.45. The molecule has 86 valence electrons. The molecule has 2 atom stereocenters. The van der Waals surface area contributed by atoms with E-state index < -0.39 is 0 Å². The van der Waals surface area contributed by atoms with Gasteiger partial charge < -0.3 is 5.11 Å². The fourth-order valence-electron chi connectivity index (χ4n) is 2.57. The molecular weight excluding hydrogens is 196 g/mol. The van der Waals surface area contributed by atoms with Crippen molar-refractivity contribution in [3.05, 3.63) is 47.5 Å². The number of hydrogen-bond donors (Lipinski definition) is 1. The van der Waals surface area contributed by atoms with Crippen molar-refractivity contribution < 1.29 is 5.11 Å². The number of aliphatic hydroxyl groups excluding tert-OH is 1. The van der Waals surface area contributed by atoms with Crippen LogP contribution in [0, 0.1) is 0 Å². The normalized spacial score (nSPS) is 20.5. The molecule has 1 aliphatic carbocycles. The van der Waals surface area contributed by atoms with Crippen molar-refractivity contribution in [1.82, 2.24) is 0 Å². The van der Waals surface area contributed by atoms with E-state index in [-0.39, 0.29) is 6.10 Å². The fourth-order valence-corrected chi connectivity index (χ4v) is 2.57. The van der Waals surface area contributed by atoms with Gasteiger partial charge in [-0.3, -0.25) is 0 Å². The van der Waals surface area contributed by atoms with Crippen LogP contribution in [-0.2, 0) is 6.42 Å². The first-order valence-electron chi connectivity index (χ1n) is 6.15. The maximum absolute atomic E-state index is 10.2. The highest BCUT2D eigenvalue weighted by molar-refractivity contribution is 5.35. The summed E-state index contributed by atoms with van der Waals surface area (Å²) in [6, 6.07) is 8.48. The van der Waals surface area contributed by atoms with Crippen LogP contribution in [0.3, 0.4) is 0 Å². The van der Waals surface area contributed by atoms with Gasteiger partial charge in [-0.2, -0.15) is 0 Å². The second kappa shape index (κ2) is 4.84. The second-order valence-electron chi connectivity index (χ2n) is 4.72. The molecule has 0 fully saturated rings. The average molecular weight is 216 g/mol. The predicted molar refractivity (Wildman–Crippen MR) is 67.6 cm³/mol. The molecule has 0 bridgehead atoms. The SMILES string of the molecule is C=C(CC)CC(O)C1CCc2ccccc21. The van der Waals surface area contributed by atoms with Crippen LogP contribution in [0.25, 0.3) is 0 Å². The zero-order valence-corrected chi connectivity index (χ0v) is 9.95. The summed E-state index contributed by atoms with van der Waals surface area (Å²) in [6.45, 7) is 6.08. The summed E-state index contributed by atoms with van der Waals surface area (Å²) in [5.74, 6) is 0.319. The third-order valence-electron chi connectivity index (χ3n) is 3.64. The van der Waals surface area contributed by atoms with E-state index in [2.05, 4.69) is 37.8 Å². The van der Waals surface area contributed by atoms with E-state index in [4.69, 9.17) is 0 Å². The molecule has 0 spiro atoms. The van der Waals surface area contributed by atoms with E-state index in [0.717, 1.165) is 31.3 Å². The van der Waals surface area contributed by atoms with E-state index in [0.29, 0.717) is 5.92 Å². The van der Waals surface area contributed by atoms with Gasteiger partial charge in [-0.15, -0.1) is 0 Å². The Hall–Kier alpha value is -1.08. The van der Waals surface area contributed by atoms with Gasteiger partial charge in [0.2, 0.25) is 0 Å². The highest BCUT2D eigenvalue weighted by Crippen LogP contribution is 2.37. The Labute approximate surface area is 97.8 Å². The zero-order chi connectivity index (χ0) is 11.5. The molecule has 0 heterocycles. The summed E-state index contributed by atoms with van der Waals surface area (Å²) < 4.78 is 0. The van der Waals surface area contributed by atoms with Crippen LogP contribution in [0.15, 0.2) is 36.4 Å². The molecule has 2 unspecified atom stereocenters. The molecule has 1 heteroatoms. The largest absolute Gasteiger partial charge is 0.392 e. The third-order valence-corrected chi connectivity index (χ3v) is 3.64. The summed E-state index contributed by atoms with van der Waals surface area (Å²) in [4.78, 5) is 0. The topological polar surface area (TPSA) is 20.2 Å². The van der Waals surface area contributed by atoms with Crippen LogP contribution in [0.4, 0.5) is 0 Å². The summed E-state index contributed by atoms with van der Waals surface area (Å²) >= 11 is 0. The van der Waals surface area contributed by atoms with Gasteiger partial charge in [-0.25, -0.2) is 0 Å². The summed E-state index contributed by atoms with van der Waals surface area (Å²) in [7, 11) is 0. The van der Waals surface area contributed by atoms with E-state index in [1.54, 1.807) is 0 Å². The van der Waals surface area contributed by atoms with Gasteiger partial charge in [-0.1, -0.05) is 43.3 Å². The Bertz CT molecular complexity index is 381. The van der Waals surface area contributed by atoms with Crippen molar-refractivity contribution in [2.45, 2.75) is 44.6 Å². The maximum Gasteiger partial charge on any atom is 0.0645 e. The molecule has 0 radical (unpaired) electrons. The molecule has 0 aromatic heterocycles. The number of aliphatic hydroxyl groups is 1. The van der Waals surface area contributed by atoms with Crippen molar-refractivity contribution >= 4 is 0 Å². The highest BCUT2D eigenvalue weighted by atomic mass is 16.3. The zero-order valence-electron chi connectivity index (χ0n) is 9.95. The summed E-state index contributed by atoms with van der Waals surface area (Å²) in [6.07, 6.45) is 3.64. The maximum atomic E-state index is 10.2. The summed E-state index contributed by atoms with van der Waals surface area (Å²) in [5, 5.41) is 10.2. The monoisotopic (exact) mass is 216 g/mol. The molecule has 0 saturated carbocycles. The molecule has 1 aliphatic rings. The van der Waals surface area contributed by atoms with Crippen LogP contribution in [-0.4, -0.2) is 11.2 Å². The van der Waals surface area contributed by atoms with Crippen LogP contribution >= 0.6 is 0 Å². The Balaban J connectivity index is 2.10. The first kappa shape index (κ1) is 11.4. The highest BCUT2D eigenvalue weighted by Gasteiger charge is 2.28. The average Bonchev–Trinajstić information content (AvgIpc) is 2.72. The molecule has 16 heavy (non-hydrogen) atoms. The van der Waals surface area contributed by atoms with Gasteiger partial charge in [0, 0.05) is 5.92 Å². The van der Waals surface area contributed by atoms with Gasteiger partial charge in [0.15, 0.2) is 0 Å². The first-order valence-corrected chi connectivity index (χ1v) is 6.15. The van der Waals surface area contributed by atoms with Gasteiger partial charge in [0.25, 0.3) is 0 Å². The van der Waals surface area contributed by atoms with Crippen molar-refractivity contribution in [2.75, 3.05) is 0 Å². The predicted octanol–water partition coefficient (Wildman–Crippen LogP) is 3.43. The lowest BCUT2D eigenvalue weighted by molar-refractivity contribution is 0.142. The Morgan fingerprint density at radius 3 is 3.00 bits per heavy atom. The number of benzene rings is 1. The lowest BCUT2D eigenvalue weighted by Crippen LogP contribution is -2.16. The molecule has 2 rings (SSSR count). The minimum Gasteiger partial charge on any atom is -0.392 e. The van der Waals surface area contributed by atoms with Crippen LogP contribution in [0.1, 0.15) is 43.2 Å². The van der Waals surface area contributed by atoms with E-state index >= 15 is 0 Å². The Morgan fingerprint density at radius 1 is 1.50 bits per heavy atom. The second-order valence-corrected chi connectivity index (χ2v) is 4.72. The number of hydrogen-bond acceptors (Lipinski definition) is 1. The van der Waals surface area contributed by atoms with Gasteiger partial charge in [0.05, 0.1) is 6.10 Å². The van der Waals surface area contributed by atoms with Crippen molar-refractivity contribution in [1.29, 1.82) is 0 Å². The fraction of sp³-hybridized carbons (Fsp3) is 0.467. The summed E-state index contributed by atoms with van der Waals surface area (Å²) in [5.41, 5.74) is 3.91. The van der Waals surface area contributed by atoms with Crippen LogP contribution in [0.5, 0.6) is 0 Å². The first-order chi connectivity index (χ1) is 7.72. The van der Waals surface area contributed by atoms with Gasteiger partial charge in [0.1, 0.15) is 0 Å². The molecule has 0 aliphatic heterocycles. The minimum absolute atomic E-state index is 0.254. The van der Waals surface area contributed by atoms with Crippen LogP contribution in [0.2, 0.25) is 0 Å². The lowest BCUT2D eigenvalue weighted by atomic mass is 9.91. The smallest absolute Gasteiger partial charge is 0.0645 e. The molecular formula is C15H20O. The quantitative estimate of drug-likeness (QED) is 0.764. The van der Waals surface area contributed by atoms with Crippen LogP contribution < -0.4 is 0 Å². The van der Waals surface area contributed by atoms with Crippen molar-refractivity contribution in [2.24, 2.45) is 0 Å². The molecule has 0 saturated heterocycles.